The Balaban J connectivity index is 2.76. The minimum atomic E-state index is -0.331. The lowest BCUT2D eigenvalue weighted by Gasteiger charge is -2.29. The van der Waals surface area contributed by atoms with Crippen molar-refractivity contribution in [1.29, 1.82) is 0 Å². The van der Waals surface area contributed by atoms with E-state index >= 15 is 0 Å². The Labute approximate surface area is 95.3 Å². The second kappa shape index (κ2) is 3.44. The quantitative estimate of drug-likeness (QED) is 0.730. The van der Waals surface area contributed by atoms with E-state index in [2.05, 4.69) is 6.58 Å². The van der Waals surface area contributed by atoms with Crippen molar-refractivity contribution in [1.82, 2.24) is 0 Å². The summed E-state index contributed by atoms with van der Waals surface area (Å²) < 4.78 is 11.1. The first-order chi connectivity index (χ1) is 7.43. The van der Waals surface area contributed by atoms with Gasteiger partial charge in [0.25, 0.3) is 0 Å². The van der Waals surface area contributed by atoms with E-state index in [0.29, 0.717) is 11.5 Å². The summed E-state index contributed by atoms with van der Waals surface area (Å²) in [5.41, 5.74) is 3.32. The van der Waals surface area contributed by atoms with Crippen LogP contribution in [-0.4, -0.2) is 11.4 Å². The highest BCUT2D eigenvalue weighted by Gasteiger charge is 2.27. The van der Waals surface area contributed by atoms with Gasteiger partial charge in [0.2, 0.25) is 6.29 Å². The van der Waals surface area contributed by atoms with Gasteiger partial charge in [-0.05, 0) is 31.9 Å². The summed E-state index contributed by atoms with van der Waals surface area (Å²) in [7, 11) is 0. The van der Waals surface area contributed by atoms with Crippen LogP contribution < -0.4 is 4.74 Å². The minimum Gasteiger partial charge on any atom is -0.507 e. The summed E-state index contributed by atoms with van der Waals surface area (Å²) in [5, 5.41) is 9.97. The molecule has 1 aliphatic heterocycles. The predicted molar refractivity (Wildman–Crippen MR) is 62.5 cm³/mol. The normalized spacial score (nSPS) is 18.8. The van der Waals surface area contributed by atoms with Crippen molar-refractivity contribution in [2.45, 2.75) is 34.0 Å². The van der Waals surface area contributed by atoms with Gasteiger partial charge < -0.3 is 14.6 Å². The van der Waals surface area contributed by atoms with Crippen LogP contribution in [0.2, 0.25) is 0 Å². The summed E-state index contributed by atoms with van der Waals surface area (Å²) in [5.74, 6) is 1.63. The SMILES string of the molecule is C=C1OC(C)Oc2c(C)c(C)c(O)c(C)c21. The number of phenolic OH excluding ortho intramolecular Hbond substituents is 1. The zero-order valence-electron chi connectivity index (χ0n) is 10.0. The van der Waals surface area contributed by atoms with Crippen LogP contribution in [0.3, 0.4) is 0 Å². The topological polar surface area (TPSA) is 38.7 Å². The molecule has 3 nitrogen and oxygen atoms in total. The third kappa shape index (κ3) is 1.35. The first kappa shape index (κ1) is 10.9. The Kier molecular flexibility index (Phi) is 2.34. The van der Waals surface area contributed by atoms with E-state index in [1.165, 1.54) is 0 Å². The molecule has 0 radical (unpaired) electrons. The number of hydrogen-bond acceptors (Lipinski definition) is 3. The van der Waals surface area contributed by atoms with Gasteiger partial charge in [0.1, 0.15) is 17.3 Å². The molecule has 86 valence electrons. The summed E-state index contributed by atoms with van der Waals surface area (Å²) in [6, 6.07) is 0. The van der Waals surface area contributed by atoms with Gasteiger partial charge in [-0.1, -0.05) is 6.58 Å². The number of fused-ring (bicyclic) bond motifs is 1. The van der Waals surface area contributed by atoms with E-state index in [1.807, 2.05) is 27.7 Å². The molecule has 2 rings (SSSR count). The Morgan fingerprint density at radius 1 is 1.06 bits per heavy atom. The van der Waals surface area contributed by atoms with Crippen molar-refractivity contribution in [2.75, 3.05) is 0 Å². The molecule has 0 fully saturated rings. The fourth-order valence-electron chi connectivity index (χ4n) is 2.04. The van der Waals surface area contributed by atoms with Crippen LogP contribution in [-0.2, 0) is 4.74 Å². The highest BCUT2D eigenvalue weighted by Crippen LogP contribution is 2.43. The molecule has 0 aromatic heterocycles. The third-order valence-corrected chi connectivity index (χ3v) is 3.09. The van der Waals surface area contributed by atoms with E-state index in [4.69, 9.17) is 9.47 Å². The first-order valence-corrected chi connectivity index (χ1v) is 5.28. The molecule has 1 N–H and O–H groups in total. The van der Waals surface area contributed by atoms with Gasteiger partial charge in [-0.3, -0.25) is 0 Å². The second-order valence-electron chi connectivity index (χ2n) is 4.15. The highest BCUT2D eigenvalue weighted by molar-refractivity contribution is 5.74. The zero-order valence-corrected chi connectivity index (χ0v) is 10.0. The van der Waals surface area contributed by atoms with Gasteiger partial charge in [0, 0.05) is 12.5 Å². The maximum Gasteiger partial charge on any atom is 0.238 e. The lowest BCUT2D eigenvalue weighted by atomic mass is 9.96. The van der Waals surface area contributed by atoms with E-state index in [-0.39, 0.29) is 6.29 Å². The van der Waals surface area contributed by atoms with Crippen molar-refractivity contribution in [3.63, 3.8) is 0 Å². The molecule has 16 heavy (non-hydrogen) atoms. The van der Waals surface area contributed by atoms with Crippen molar-refractivity contribution in [3.05, 3.63) is 28.8 Å². The van der Waals surface area contributed by atoms with Crippen LogP contribution in [0.25, 0.3) is 5.76 Å². The number of phenols is 1. The molecule has 0 aliphatic carbocycles. The van der Waals surface area contributed by atoms with E-state index in [0.717, 1.165) is 28.0 Å². The number of rotatable bonds is 0. The van der Waals surface area contributed by atoms with Crippen molar-refractivity contribution >= 4 is 5.76 Å². The molecule has 0 amide bonds. The summed E-state index contributed by atoms with van der Waals surface area (Å²) >= 11 is 0. The van der Waals surface area contributed by atoms with Crippen molar-refractivity contribution < 1.29 is 14.6 Å². The monoisotopic (exact) mass is 220 g/mol. The van der Waals surface area contributed by atoms with Gasteiger partial charge in [0.05, 0.1) is 5.56 Å². The zero-order chi connectivity index (χ0) is 12.0. The van der Waals surface area contributed by atoms with Gasteiger partial charge in [-0.15, -0.1) is 0 Å². The smallest absolute Gasteiger partial charge is 0.238 e. The Hall–Kier alpha value is -1.64. The maximum atomic E-state index is 9.97. The first-order valence-electron chi connectivity index (χ1n) is 5.28. The number of ether oxygens (including phenoxy) is 2. The molecule has 0 spiro atoms. The molecule has 1 heterocycles. The molecule has 1 unspecified atom stereocenters. The van der Waals surface area contributed by atoms with Crippen LogP contribution in [0.15, 0.2) is 6.58 Å². The highest BCUT2D eigenvalue weighted by atomic mass is 16.7. The Morgan fingerprint density at radius 3 is 2.31 bits per heavy atom. The summed E-state index contributed by atoms with van der Waals surface area (Å²) in [6.45, 7) is 11.3. The van der Waals surface area contributed by atoms with Gasteiger partial charge in [0.15, 0.2) is 0 Å². The number of hydrogen-bond donors (Lipinski definition) is 1. The third-order valence-electron chi connectivity index (χ3n) is 3.09. The largest absolute Gasteiger partial charge is 0.507 e. The van der Waals surface area contributed by atoms with Gasteiger partial charge >= 0.3 is 0 Å². The molecule has 1 aromatic carbocycles. The molecule has 1 aromatic rings. The molecule has 1 atom stereocenters. The molecular formula is C13H16O3. The van der Waals surface area contributed by atoms with Crippen LogP contribution in [0.5, 0.6) is 11.5 Å². The molecule has 3 heteroatoms. The van der Waals surface area contributed by atoms with Crippen molar-refractivity contribution in [2.24, 2.45) is 0 Å². The van der Waals surface area contributed by atoms with Crippen molar-refractivity contribution in [3.8, 4) is 11.5 Å². The number of aromatic hydroxyl groups is 1. The maximum absolute atomic E-state index is 9.97. The molecule has 0 saturated carbocycles. The van der Waals surface area contributed by atoms with Crippen LogP contribution in [0.4, 0.5) is 0 Å². The van der Waals surface area contributed by atoms with Gasteiger partial charge in [-0.25, -0.2) is 0 Å². The average molecular weight is 220 g/mol. The summed E-state index contributed by atoms with van der Waals surface area (Å²) in [4.78, 5) is 0. The summed E-state index contributed by atoms with van der Waals surface area (Å²) in [6.07, 6.45) is -0.331. The Bertz CT molecular complexity index is 475. The predicted octanol–water partition coefficient (Wildman–Crippen LogP) is 3.04. The van der Waals surface area contributed by atoms with E-state index in [9.17, 15) is 5.11 Å². The molecular weight excluding hydrogens is 204 g/mol. The lowest BCUT2D eigenvalue weighted by molar-refractivity contribution is -0.0132. The molecule has 1 aliphatic rings. The lowest BCUT2D eigenvalue weighted by Crippen LogP contribution is -2.22. The number of benzene rings is 1. The standard InChI is InChI=1S/C13H16O3/c1-6-7(2)13-11(8(3)12(6)14)9(4)15-10(5)16-13/h10,14H,4H2,1-3,5H3. The van der Waals surface area contributed by atoms with Crippen LogP contribution in [0, 0.1) is 20.8 Å². The average Bonchev–Trinajstić information content (AvgIpc) is 2.22. The van der Waals surface area contributed by atoms with E-state index < -0.39 is 0 Å². The fourth-order valence-corrected chi connectivity index (χ4v) is 2.04. The van der Waals surface area contributed by atoms with E-state index in [1.54, 1.807) is 0 Å². The fraction of sp³-hybridized carbons (Fsp3) is 0.385. The van der Waals surface area contributed by atoms with Crippen LogP contribution >= 0.6 is 0 Å². The molecule has 0 saturated heterocycles. The minimum absolute atomic E-state index is 0.291. The van der Waals surface area contributed by atoms with Crippen LogP contribution in [0.1, 0.15) is 29.2 Å². The molecule has 0 bridgehead atoms. The second-order valence-corrected chi connectivity index (χ2v) is 4.15. The van der Waals surface area contributed by atoms with Gasteiger partial charge in [-0.2, -0.15) is 0 Å². The Morgan fingerprint density at radius 2 is 1.69 bits per heavy atom.